The van der Waals surface area contributed by atoms with Gasteiger partial charge in [-0.25, -0.2) is 9.67 Å². The summed E-state index contributed by atoms with van der Waals surface area (Å²) in [7, 11) is 0. The van der Waals surface area contributed by atoms with Gasteiger partial charge in [0.15, 0.2) is 5.65 Å². The summed E-state index contributed by atoms with van der Waals surface area (Å²) in [6.07, 6.45) is 0. The van der Waals surface area contributed by atoms with E-state index >= 15 is 0 Å². The fourth-order valence-electron chi connectivity index (χ4n) is 2.57. The van der Waals surface area contributed by atoms with Crippen molar-refractivity contribution in [1.82, 2.24) is 14.8 Å². The number of para-hydroxylation sites is 1. The maximum atomic E-state index is 4.80. The lowest BCUT2D eigenvalue weighted by molar-refractivity contribution is 0.879. The van der Waals surface area contributed by atoms with Gasteiger partial charge in [-0.05, 0) is 43.3 Å². The van der Waals surface area contributed by atoms with Crippen LogP contribution in [0.4, 0.5) is 0 Å². The van der Waals surface area contributed by atoms with Crippen LogP contribution in [0.2, 0.25) is 0 Å². The molecule has 0 unspecified atom stereocenters. The van der Waals surface area contributed by atoms with Gasteiger partial charge in [0.05, 0.1) is 16.9 Å². The van der Waals surface area contributed by atoms with Crippen LogP contribution in [0, 0.1) is 6.92 Å². The Kier molecular flexibility index (Phi) is 2.79. The highest BCUT2D eigenvalue weighted by molar-refractivity contribution is 9.10. The van der Waals surface area contributed by atoms with Gasteiger partial charge in [0.1, 0.15) is 0 Å². The van der Waals surface area contributed by atoms with Crippen LogP contribution >= 0.6 is 15.9 Å². The van der Waals surface area contributed by atoms with Gasteiger partial charge in [-0.1, -0.05) is 34.1 Å². The molecule has 2 aromatic carbocycles. The lowest BCUT2D eigenvalue weighted by atomic mass is 10.1. The predicted molar refractivity (Wildman–Crippen MR) is 88.8 cm³/mol. The van der Waals surface area contributed by atoms with Crippen molar-refractivity contribution >= 4 is 37.9 Å². The minimum absolute atomic E-state index is 0.897. The lowest BCUT2D eigenvalue weighted by Crippen LogP contribution is -1.97. The molecule has 0 bridgehead atoms. The molecule has 0 fully saturated rings. The topological polar surface area (TPSA) is 30.7 Å². The van der Waals surface area contributed by atoms with E-state index in [1.165, 1.54) is 0 Å². The molecule has 4 rings (SSSR count). The Labute approximate surface area is 130 Å². The molecule has 0 aliphatic rings. The van der Waals surface area contributed by atoms with Crippen molar-refractivity contribution in [3.63, 3.8) is 0 Å². The molecule has 0 atom stereocenters. The molecule has 2 aromatic heterocycles. The Morgan fingerprint density at radius 2 is 1.81 bits per heavy atom. The summed E-state index contributed by atoms with van der Waals surface area (Å²) >= 11 is 3.51. The van der Waals surface area contributed by atoms with Crippen LogP contribution in [-0.2, 0) is 0 Å². The highest BCUT2D eigenvalue weighted by atomic mass is 79.9. The Hall–Kier alpha value is -2.20. The zero-order valence-electron chi connectivity index (χ0n) is 11.4. The van der Waals surface area contributed by atoms with Gasteiger partial charge < -0.3 is 0 Å². The molecule has 21 heavy (non-hydrogen) atoms. The molecule has 0 spiro atoms. The molecular formula is C17H12BrN3. The van der Waals surface area contributed by atoms with E-state index in [0.29, 0.717) is 0 Å². The van der Waals surface area contributed by atoms with Gasteiger partial charge in [-0.2, -0.15) is 5.10 Å². The number of hydrogen-bond acceptors (Lipinski definition) is 2. The molecule has 4 heteroatoms. The second kappa shape index (κ2) is 4.67. The number of aryl methyl sites for hydroxylation is 1. The molecule has 0 aliphatic heterocycles. The van der Waals surface area contributed by atoms with E-state index in [2.05, 4.69) is 33.2 Å². The van der Waals surface area contributed by atoms with E-state index in [1.807, 2.05) is 54.1 Å². The standard InChI is InChI=1S/C17H12BrN3/c1-11-15-10-12-9-13(18)7-8-16(12)19-17(15)21(20-11)14-5-3-2-4-6-14/h2-10H,1H3. The van der Waals surface area contributed by atoms with Crippen LogP contribution in [0.3, 0.4) is 0 Å². The molecule has 0 amide bonds. The molecule has 0 saturated carbocycles. The van der Waals surface area contributed by atoms with Gasteiger partial charge in [-0.3, -0.25) is 0 Å². The summed E-state index contributed by atoms with van der Waals surface area (Å²) in [5, 5.41) is 6.85. The lowest BCUT2D eigenvalue weighted by Gasteiger charge is -2.03. The average molecular weight is 338 g/mol. The number of hydrogen-bond donors (Lipinski definition) is 0. The van der Waals surface area contributed by atoms with Crippen LogP contribution in [-0.4, -0.2) is 14.8 Å². The van der Waals surface area contributed by atoms with Crippen LogP contribution in [0.15, 0.2) is 59.1 Å². The summed E-state index contributed by atoms with van der Waals surface area (Å²) < 4.78 is 2.97. The zero-order valence-corrected chi connectivity index (χ0v) is 13.0. The first-order valence-electron chi connectivity index (χ1n) is 6.73. The summed E-state index contributed by atoms with van der Waals surface area (Å²) in [6, 6.07) is 18.4. The summed E-state index contributed by atoms with van der Waals surface area (Å²) in [5.41, 5.74) is 3.89. The fraction of sp³-hybridized carbons (Fsp3) is 0.0588. The maximum absolute atomic E-state index is 4.80. The molecular weight excluding hydrogens is 326 g/mol. The smallest absolute Gasteiger partial charge is 0.163 e. The molecule has 0 aliphatic carbocycles. The number of pyridine rings is 1. The van der Waals surface area contributed by atoms with E-state index < -0.39 is 0 Å². The van der Waals surface area contributed by atoms with Gasteiger partial charge in [-0.15, -0.1) is 0 Å². The fourth-order valence-corrected chi connectivity index (χ4v) is 2.94. The van der Waals surface area contributed by atoms with E-state index in [-0.39, 0.29) is 0 Å². The van der Waals surface area contributed by atoms with Crippen molar-refractivity contribution in [2.45, 2.75) is 6.92 Å². The first-order chi connectivity index (χ1) is 10.2. The third-order valence-corrected chi connectivity index (χ3v) is 4.09. The average Bonchev–Trinajstić information content (AvgIpc) is 2.83. The van der Waals surface area contributed by atoms with Crippen LogP contribution in [0.1, 0.15) is 5.69 Å². The van der Waals surface area contributed by atoms with Crippen molar-refractivity contribution in [3.8, 4) is 5.69 Å². The monoisotopic (exact) mass is 337 g/mol. The highest BCUT2D eigenvalue weighted by Gasteiger charge is 2.11. The minimum Gasteiger partial charge on any atom is -0.228 e. The van der Waals surface area contributed by atoms with Crippen LogP contribution in [0.25, 0.3) is 27.6 Å². The third kappa shape index (κ3) is 2.03. The molecule has 0 N–H and O–H groups in total. The number of nitrogens with zero attached hydrogens (tertiary/aromatic N) is 3. The predicted octanol–water partition coefficient (Wildman–Crippen LogP) is 4.64. The number of fused-ring (bicyclic) bond motifs is 2. The van der Waals surface area contributed by atoms with Crippen LogP contribution in [0.5, 0.6) is 0 Å². The molecule has 102 valence electrons. The van der Waals surface area contributed by atoms with Crippen molar-refractivity contribution < 1.29 is 0 Å². The number of halogens is 1. The largest absolute Gasteiger partial charge is 0.228 e. The first-order valence-corrected chi connectivity index (χ1v) is 7.53. The van der Waals surface area contributed by atoms with E-state index in [9.17, 15) is 0 Å². The molecule has 0 radical (unpaired) electrons. The number of benzene rings is 2. The molecule has 3 nitrogen and oxygen atoms in total. The maximum Gasteiger partial charge on any atom is 0.163 e. The van der Waals surface area contributed by atoms with Crippen LogP contribution < -0.4 is 0 Å². The summed E-state index contributed by atoms with van der Waals surface area (Å²) in [6.45, 7) is 2.02. The van der Waals surface area contributed by atoms with E-state index in [1.54, 1.807) is 0 Å². The second-order valence-electron chi connectivity index (χ2n) is 5.03. The van der Waals surface area contributed by atoms with Gasteiger partial charge in [0.25, 0.3) is 0 Å². The van der Waals surface area contributed by atoms with Gasteiger partial charge in [0.2, 0.25) is 0 Å². The Morgan fingerprint density at radius 3 is 2.62 bits per heavy atom. The SMILES string of the molecule is Cc1nn(-c2ccccc2)c2nc3ccc(Br)cc3cc12. The van der Waals surface area contributed by atoms with Crippen molar-refractivity contribution in [2.75, 3.05) is 0 Å². The second-order valence-corrected chi connectivity index (χ2v) is 5.94. The normalized spacial score (nSPS) is 11.3. The molecule has 2 heterocycles. The Morgan fingerprint density at radius 1 is 1.00 bits per heavy atom. The Bertz CT molecular complexity index is 958. The van der Waals surface area contributed by atoms with E-state index in [4.69, 9.17) is 4.98 Å². The zero-order chi connectivity index (χ0) is 14.4. The molecule has 0 saturated heterocycles. The number of rotatable bonds is 1. The first kappa shape index (κ1) is 12.5. The Balaban J connectivity index is 2.08. The highest BCUT2D eigenvalue weighted by Crippen LogP contribution is 2.26. The van der Waals surface area contributed by atoms with Crippen molar-refractivity contribution in [3.05, 3.63) is 64.8 Å². The third-order valence-electron chi connectivity index (χ3n) is 3.60. The quantitative estimate of drug-likeness (QED) is 0.506. The summed E-state index contributed by atoms with van der Waals surface area (Å²) in [4.78, 5) is 4.80. The van der Waals surface area contributed by atoms with Crippen molar-refractivity contribution in [1.29, 1.82) is 0 Å². The van der Waals surface area contributed by atoms with Gasteiger partial charge >= 0.3 is 0 Å². The van der Waals surface area contributed by atoms with Crippen molar-refractivity contribution in [2.24, 2.45) is 0 Å². The molecule has 4 aromatic rings. The number of aromatic nitrogens is 3. The van der Waals surface area contributed by atoms with Gasteiger partial charge in [0, 0.05) is 15.2 Å². The summed E-state index contributed by atoms with van der Waals surface area (Å²) in [5.74, 6) is 0. The minimum atomic E-state index is 0.897. The van der Waals surface area contributed by atoms with E-state index in [0.717, 1.165) is 37.8 Å².